The summed E-state index contributed by atoms with van der Waals surface area (Å²) in [5.74, 6) is -0.141. The molecular formula is C12H19N3O3. The minimum absolute atomic E-state index is 0.141. The summed E-state index contributed by atoms with van der Waals surface area (Å²) in [6.45, 7) is 4.87. The smallest absolute Gasteiger partial charge is 0.414 e. The van der Waals surface area contributed by atoms with Gasteiger partial charge in [0.1, 0.15) is 11.8 Å². The molecule has 0 unspecified atom stereocenters. The van der Waals surface area contributed by atoms with Crippen LogP contribution in [-0.2, 0) is 6.54 Å². The summed E-state index contributed by atoms with van der Waals surface area (Å²) in [6, 6.07) is 0.375. The Morgan fingerprint density at radius 1 is 1.56 bits per heavy atom. The standard InChI is InChI=1S/C12H19N3O3/c1-3-4-5-6-7-12(2)9-14-8-10(15(16)17)13-11(14)18-12/h8H,3-7,9H2,1-2H3/t12-/m1/s1. The fourth-order valence-corrected chi connectivity index (χ4v) is 2.34. The van der Waals surface area contributed by atoms with Gasteiger partial charge in [-0.2, -0.15) is 0 Å². The van der Waals surface area contributed by atoms with Crippen molar-refractivity contribution in [2.75, 3.05) is 0 Å². The van der Waals surface area contributed by atoms with Crippen molar-refractivity contribution < 1.29 is 9.66 Å². The third kappa shape index (κ3) is 2.63. The van der Waals surface area contributed by atoms with Crippen LogP contribution >= 0.6 is 0 Å². The number of unbranched alkanes of at least 4 members (excludes halogenated alkanes) is 3. The Balaban J connectivity index is 1.92. The molecule has 0 aliphatic carbocycles. The van der Waals surface area contributed by atoms with Crippen molar-refractivity contribution in [3.63, 3.8) is 0 Å². The topological polar surface area (TPSA) is 70.2 Å². The second kappa shape index (κ2) is 4.96. The van der Waals surface area contributed by atoms with E-state index in [-0.39, 0.29) is 11.4 Å². The highest BCUT2D eigenvalue weighted by atomic mass is 16.6. The molecular weight excluding hydrogens is 234 g/mol. The normalized spacial score (nSPS) is 21.7. The molecule has 0 aromatic carbocycles. The maximum absolute atomic E-state index is 10.6. The van der Waals surface area contributed by atoms with Crippen LogP contribution in [0.2, 0.25) is 0 Å². The lowest BCUT2D eigenvalue weighted by Crippen LogP contribution is -2.31. The van der Waals surface area contributed by atoms with E-state index in [1.807, 2.05) is 6.92 Å². The predicted molar refractivity (Wildman–Crippen MR) is 66.7 cm³/mol. The molecule has 0 bridgehead atoms. The molecule has 1 aliphatic heterocycles. The Hall–Kier alpha value is -1.59. The molecule has 100 valence electrons. The summed E-state index contributed by atoms with van der Waals surface area (Å²) in [5, 5.41) is 10.6. The van der Waals surface area contributed by atoms with Crippen LogP contribution in [0.5, 0.6) is 6.01 Å². The number of imidazole rings is 1. The Morgan fingerprint density at radius 2 is 2.33 bits per heavy atom. The zero-order valence-electron chi connectivity index (χ0n) is 10.9. The average Bonchev–Trinajstić information content (AvgIpc) is 2.79. The van der Waals surface area contributed by atoms with Crippen molar-refractivity contribution in [3.05, 3.63) is 16.3 Å². The van der Waals surface area contributed by atoms with E-state index in [0.29, 0.717) is 12.6 Å². The van der Waals surface area contributed by atoms with Gasteiger partial charge >= 0.3 is 11.8 Å². The van der Waals surface area contributed by atoms with E-state index in [2.05, 4.69) is 11.9 Å². The number of ether oxygens (including phenoxy) is 1. The molecule has 0 fully saturated rings. The molecule has 0 N–H and O–H groups in total. The quantitative estimate of drug-likeness (QED) is 0.444. The molecule has 1 aliphatic rings. The molecule has 1 aromatic rings. The maximum atomic E-state index is 10.6. The van der Waals surface area contributed by atoms with E-state index in [1.165, 1.54) is 25.5 Å². The third-order valence-corrected chi connectivity index (χ3v) is 3.32. The molecule has 1 atom stereocenters. The van der Waals surface area contributed by atoms with Gasteiger partial charge in [-0.05, 0) is 24.7 Å². The van der Waals surface area contributed by atoms with Crippen molar-refractivity contribution in [1.82, 2.24) is 9.55 Å². The van der Waals surface area contributed by atoms with E-state index < -0.39 is 4.92 Å². The van der Waals surface area contributed by atoms with Gasteiger partial charge in [0.2, 0.25) is 0 Å². The predicted octanol–water partition coefficient (Wildman–Crippen LogP) is 2.91. The minimum atomic E-state index is -0.493. The van der Waals surface area contributed by atoms with Crippen molar-refractivity contribution >= 4 is 5.82 Å². The van der Waals surface area contributed by atoms with E-state index in [9.17, 15) is 10.1 Å². The van der Waals surface area contributed by atoms with Gasteiger partial charge < -0.3 is 14.9 Å². The molecule has 0 saturated carbocycles. The van der Waals surface area contributed by atoms with E-state index >= 15 is 0 Å². The Kier molecular flexibility index (Phi) is 3.54. The molecule has 6 nitrogen and oxygen atoms in total. The summed E-state index contributed by atoms with van der Waals surface area (Å²) in [7, 11) is 0. The number of hydrogen-bond acceptors (Lipinski definition) is 4. The molecule has 0 spiro atoms. The van der Waals surface area contributed by atoms with Gasteiger partial charge in [-0.1, -0.05) is 26.2 Å². The lowest BCUT2D eigenvalue weighted by atomic mass is 9.98. The Morgan fingerprint density at radius 3 is 2.94 bits per heavy atom. The number of nitro groups is 1. The number of fused-ring (bicyclic) bond motifs is 1. The number of hydrogen-bond donors (Lipinski definition) is 0. The zero-order valence-corrected chi connectivity index (χ0v) is 10.9. The Labute approximate surface area is 106 Å². The molecule has 0 amide bonds. The molecule has 0 saturated heterocycles. The fourth-order valence-electron chi connectivity index (χ4n) is 2.34. The molecule has 2 rings (SSSR count). The van der Waals surface area contributed by atoms with Gasteiger partial charge in [0.25, 0.3) is 0 Å². The Bertz CT molecular complexity index is 418. The van der Waals surface area contributed by atoms with Crippen LogP contribution in [0.1, 0.15) is 46.0 Å². The first-order chi connectivity index (χ1) is 8.54. The lowest BCUT2D eigenvalue weighted by molar-refractivity contribution is -0.389. The minimum Gasteiger partial charge on any atom is -0.438 e. The van der Waals surface area contributed by atoms with E-state index in [1.54, 1.807) is 4.57 Å². The average molecular weight is 253 g/mol. The second-order valence-corrected chi connectivity index (χ2v) is 5.13. The highest BCUT2D eigenvalue weighted by molar-refractivity contribution is 5.23. The number of aromatic nitrogens is 2. The van der Waals surface area contributed by atoms with E-state index in [0.717, 1.165) is 12.8 Å². The first-order valence-corrected chi connectivity index (χ1v) is 6.45. The van der Waals surface area contributed by atoms with Gasteiger partial charge in [-0.15, -0.1) is 0 Å². The summed E-state index contributed by atoms with van der Waals surface area (Å²) in [6.07, 6.45) is 7.20. The largest absolute Gasteiger partial charge is 0.438 e. The molecule has 2 heterocycles. The SMILES string of the molecule is CCCCCC[C@]1(C)Cn2cc([N+](=O)[O-])nc2O1. The summed E-state index contributed by atoms with van der Waals surface area (Å²) < 4.78 is 7.49. The summed E-state index contributed by atoms with van der Waals surface area (Å²) in [5.41, 5.74) is -0.259. The highest BCUT2D eigenvalue weighted by Gasteiger charge is 2.39. The van der Waals surface area contributed by atoms with Crippen LogP contribution in [0.4, 0.5) is 5.82 Å². The highest BCUT2D eigenvalue weighted by Crippen LogP contribution is 2.33. The maximum Gasteiger partial charge on any atom is 0.414 e. The molecule has 6 heteroatoms. The second-order valence-electron chi connectivity index (χ2n) is 5.13. The summed E-state index contributed by atoms with van der Waals surface area (Å²) >= 11 is 0. The molecule has 1 aromatic heterocycles. The van der Waals surface area contributed by atoms with Gasteiger partial charge in [-0.3, -0.25) is 4.57 Å². The molecule has 0 radical (unpaired) electrons. The van der Waals surface area contributed by atoms with Gasteiger partial charge in [0, 0.05) is 4.98 Å². The van der Waals surface area contributed by atoms with Crippen LogP contribution in [0, 0.1) is 10.1 Å². The zero-order chi connectivity index (χ0) is 13.2. The molecule has 18 heavy (non-hydrogen) atoms. The van der Waals surface area contributed by atoms with Crippen molar-refractivity contribution in [3.8, 4) is 6.01 Å². The number of rotatable bonds is 6. The monoisotopic (exact) mass is 253 g/mol. The first kappa shape index (κ1) is 12.9. The van der Waals surface area contributed by atoms with Crippen LogP contribution in [0.15, 0.2) is 6.20 Å². The van der Waals surface area contributed by atoms with E-state index in [4.69, 9.17) is 4.74 Å². The van der Waals surface area contributed by atoms with Gasteiger partial charge in [-0.25, -0.2) is 0 Å². The van der Waals surface area contributed by atoms with Crippen LogP contribution in [-0.4, -0.2) is 20.1 Å². The van der Waals surface area contributed by atoms with Crippen LogP contribution in [0.3, 0.4) is 0 Å². The third-order valence-electron chi connectivity index (χ3n) is 3.32. The summed E-state index contributed by atoms with van der Waals surface area (Å²) in [4.78, 5) is 14.0. The fraction of sp³-hybridized carbons (Fsp3) is 0.750. The first-order valence-electron chi connectivity index (χ1n) is 6.45. The van der Waals surface area contributed by atoms with Crippen molar-refractivity contribution in [1.29, 1.82) is 0 Å². The van der Waals surface area contributed by atoms with Gasteiger partial charge in [0.15, 0.2) is 0 Å². The van der Waals surface area contributed by atoms with Crippen LogP contribution < -0.4 is 4.74 Å². The van der Waals surface area contributed by atoms with Crippen molar-refractivity contribution in [2.24, 2.45) is 0 Å². The van der Waals surface area contributed by atoms with Crippen LogP contribution in [0.25, 0.3) is 0 Å². The lowest BCUT2D eigenvalue weighted by Gasteiger charge is -2.21. The van der Waals surface area contributed by atoms with Crippen molar-refractivity contribution in [2.45, 2.75) is 58.1 Å². The number of nitrogens with zero attached hydrogens (tertiary/aromatic N) is 3. The van der Waals surface area contributed by atoms with Gasteiger partial charge in [0.05, 0.1) is 6.54 Å².